The van der Waals surface area contributed by atoms with Crippen LogP contribution in [0.3, 0.4) is 0 Å². The fraction of sp³-hybridized carbons (Fsp3) is 0.286. The second kappa shape index (κ2) is 4.30. The predicted molar refractivity (Wildman–Crippen MR) is 45.8 cm³/mol. The lowest BCUT2D eigenvalue weighted by Gasteiger charge is -1.94. The second-order valence-corrected chi connectivity index (χ2v) is 2.72. The smallest absolute Gasteiger partial charge is 0.0383 e. The van der Waals surface area contributed by atoms with Gasteiger partial charge in [0.05, 0.1) is 0 Å². The van der Waals surface area contributed by atoms with E-state index in [1.807, 2.05) is 19.2 Å². The molecule has 3 heteroatoms. The van der Waals surface area contributed by atoms with Crippen LogP contribution in [0.4, 0.5) is 0 Å². The Kier molecular flexibility index (Phi) is 4.07. The molecule has 0 bridgehead atoms. The maximum Gasteiger partial charge on any atom is 0.0383 e. The van der Waals surface area contributed by atoms with Crippen LogP contribution in [0.25, 0.3) is 0 Å². The van der Waals surface area contributed by atoms with Gasteiger partial charge in [-0.05, 0) is 25.3 Å². The molecule has 0 radical (unpaired) electrons. The predicted octanol–water partition coefficient (Wildman–Crippen LogP) is 2.27. The minimum Gasteiger partial charge on any atom is -0.344 e. The zero-order valence-corrected chi connectivity index (χ0v) is 7.11. The van der Waals surface area contributed by atoms with Crippen LogP contribution in [0, 0.1) is 6.92 Å². The molecule has 0 aliphatic carbocycles. The van der Waals surface area contributed by atoms with Crippen LogP contribution in [0.15, 0.2) is 23.2 Å². The van der Waals surface area contributed by atoms with E-state index < -0.39 is 0 Å². The Morgan fingerprint density at radius 2 is 2.20 bits per heavy atom. The first-order valence-electron chi connectivity index (χ1n) is 2.79. The second-order valence-electron chi connectivity index (χ2n) is 1.84. The van der Waals surface area contributed by atoms with Crippen molar-refractivity contribution in [1.29, 1.82) is 0 Å². The Bertz CT molecular complexity index is 201. The Morgan fingerprint density at radius 3 is 2.60 bits per heavy atom. The first-order valence-corrected chi connectivity index (χ1v) is 4.02. The molecule has 0 amide bonds. The van der Waals surface area contributed by atoms with Crippen LogP contribution in [-0.4, -0.2) is 11.2 Å². The van der Waals surface area contributed by atoms with Crippen LogP contribution in [0.5, 0.6) is 0 Å². The van der Waals surface area contributed by atoms with Crippen molar-refractivity contribution in [3.05, 3.63) is 24.0 Å². The molecule has 0 saturated heterocycles. The number of pyridine rings is 1. The van der Waals surface area contributed by atoms with Crippen molar-refractivity contribution in [3.63, 3.8) is 0 Å². The van der Waals surface area contributed by atoms with E-state index >= 15 is 0 Å². The molecule has 2 nitrogen and oxygen atoms in total. The summed E-state index contributed by atoms with van der Waals surface area (Å²) in [6.45, 7) is 2.00. The highest BCUT2D eigenvalue weighted by Crippen LogP contribution is 2.12. The highest BCUT2D eigenvalue weighted by Gasteiger charge is 1.87. The van der Waals surface area contributed by atoms with Crippen LogP contribution in [-0.2, 0) is 0 Å². The molecule has 0 aliphatic heterocycles. The Hall–Kier alpha value is -0.540. The van der Waals surface area contributed by atoms with Gasteiger partial charge < -0.3 is 6.15 Å². The fourth-order valence-corrected chi connectivity index (χ4v) is 1.13. The summed E-state index contributed by atoms with van der Waals surface area (Å²) in [6, 6.07) is 4.09. The van der Waals surface area contributed by atoms with E-state index in [2.05, 4.69) is 17.3 Å². The molecule has 0 unspecified atom stereocenters. The van der Waals surface area contributed by atoms with Gasteiger partial charge in [-0.1, -0.05) is 0 Å². The maximum atomic E-state index is 4.07. The molecule has 1 aromatic heterocycles. The third-order valence-corrected chi connectivity index (χ3v) is 1.83. The van der Waals surface area contributed by atoms with Gasteiger partial charge in [-0.2, -0.15) is 0 Å². The molecule has 0 spiro atoms. The van der Waals surface area contributed by atoms with Crippen molar-refractivity contribution in [2.75, 3.05) is 6.26 Å². The molecule has 3 N–H and O–H groups in total. The minimum atomic E-state index is 0. The third-order valence-electron chi connectivity index (χ3n) is 1.10. The van der Waals surface area contributed by atoms with Crippen molar-refractivity contribution in [2.45, 2.75) is 11.8 Å². The number of thioether (sulfide) groups is 1. The topological polar surface area (TPSA) is 47.9 Å². The molecule has 56 valence electrons. The number of nitrogens with zero attached hydrogens (tertiary/aromatic N) is 1. The number of aryl methyl sites for hydroxylation is 1. The van der Waals surface area contributed by atoms with Crippen LogP contribution < -0.4 is 6.15 Å². The van der Waals surface area contributed by atoms with E-state index in [9.17, 15) is 0 Å². The lowest BCUT2D eigenvalue weighted by atomic mass is 10.4. The summed E-state index contributed by atoms with van der Waals surface area (Å²) in [5.41, 5.74) is 1.09. The van der Waals surface area contributed by atoms with E-state index in [-0.39, 0.29) is 6.15 Å². The van der Waals surface area contributed by atoms with Crippen molar-refractivity contribution in [2.24, 2.45) is 0 Å². The summed E-state index contributed by atoms with van der Waals surface area (Å²) in [5, 5.41) is 0. The number of rotatable bonds is 1. The quantitative estimate of drug-likeness (QED) is 0.634. The SMILES string of the molecule is CSc1ccnc(C)c1.N. The molecule has 0 atom stereocenters. The van der Waals surface area contributed by atoms with Gasteiger partial charge in [-0.25, -0.2) is 0 Å². The van der Waals surface area contributed by atoms with E-state index in [0.717, 1.165) is 5.69 Å². The summed E-state index contributed by atoms with van der Waals surface area (Å²) in [5.74, 6) is 0. The molecule has 0 aromatic carbocycles. The van der Waals surface area contributed by atoms with E-state index in [4.69, 9.17) is 0 Å². The van der Waals surface area contributed by atoms with Gasteiger partial charge >= 0.3 is 0 Å². The summed E-state index contributed by atoms with van der Waals surface area (Å²) in [7, 11) is 0. The molecule has 0 saturated carbocycles. The zero-order chi connectivity index (χ0) is 6.69. The first kappa shape index (κ1) is 9.46. The van der Waals surface area contributed by atoms with Crippen LogP contribution in [0.2, 0.25) is 0 Å². The number of hydrogen-bond donors (Lipinski definition) is 1. The van der Waals surface area contributed by atoms with Gasteiger partial charge in [0.1, 0.15) is 0 Å². The molecular weight excluding hydrogens is 144 g/mol. The van der Waals surface area contributed by atoms with E-state index in [1.165, 1.54) is 4.90 Å². The van der Waals surface area contributed by atoms with Crippen molar-refractivity contribution >= 4 is 11.8 Å². The van der Waals surface area contributed by atoms with Crippen LogP contribution >= 0.6 is 11.8 Å². The average Bonchev–Trinajstić information content (AvgIpc) is 1.88. The molecule has 0 aliphatic rings. The third kappa shape index (κ3) is 2.37. The first-order chi connectivity index (χ1) is 4.33. The summed E-state index contributed by atoms with van der Waals surface area (Å²) < 4.78 is 0. The van der Waals surface area contributed by atoms with Crippen LogP contribution in [0.1, 0.15) is 5.69 Å². The highest BCUT2D eigenvalue weighted by atomic mass is 32.2. The largest absolute Gasteiger partial charge is 0.344 e. The summed E-state index contributed by atoms with van der Waals surface area (Å²) in [4.78, 5) is 5.35. The lowest BCUT2D eigenvalue weighted by Crippen LogP contribution is -1.77. The molecule has 1 aromatic rings. The summed E-state index contributed by atoms with van der Waals surface area (Å²) >= 11 is 1.74. The van der Waals surface area contributed by atoms with Gasteiger partial charge in [0.25, 0.3) is 0 Å². The van der Waals surface area contributed by atoms with E-state index in [1.54, 1.807) is 11.8 Å². The van der Waals surface area contributed by atoms with Gasteiger partial charge in [-0.15, -0.1) is 11.8 Å². The normalized spacial score (nSPS) is 8.60. The standard InChI is InChI=1S/C7H9NS.H3N/c1-6-5-7(9-2)3-4-8-6;/h3-5H,1-2H3;1H3. The van der Waals surface area contributed by atoms with Crippen molar-refractivity contribution in [3.8, 4) is 0 Å². The minimum absolute atomic E-state index is 0. The summed E-state index contributed by atoms with van der Waals surface area (Å²) in [6.07, 6.45) is 3.90. The van der Waals surface area contributed by atoms with Gasteiger partial charge in [0.2, 0.25) is 0 Å². The Labute approximate surface area is 65.6 Å². The Balaban J connectivity index is 0.000000810. The van der Waals surface area contributed by atoms with Gasteiger partial charge in [0.15, 0.2) is 0 Å². The number of aromatic nitrogens is 1. The van der Waals surface area contributed by atoms with Crippen molar-refractivity contribution in [1.82, 2.24) is 11.1 Å². The van der Waals surface area contributed by atoms with Crippen molar-refractivity contribution < 1.29 is 0 Å². The average molecular weight is 156 g/mol. The van der Waals surface area contributed by atoms with Gasteiger partial charge in [0, 0.05) is 16.8 Å². The Morgan fingerprint density at radius 1 is 1.50 bits per heavy atom. The highest BCUT2D eigenvalue weighted by molar-refractivity contribution is 7.98. The molecule has 1 rings (SSSR count). The molecule has 1 heterocycles. The molecule has 10 heavy (non-hydrogen) atoms. The fourth-order valence-electron chi connectivity index (χ4n) is 0.647. The monoisotopic (exact) mass is 156 g/mol. The lowest BCUT2D eigenvalue weighted by molar-refractivity contribution is 1.16. The molecular formula is C7H12N2S. The van der Waals surface area contributed by atoms with E-state index in [0.29, 0.717) is 0 Å². The molecule has 0 fully saturated rings. The number of hydrogen-bond acceptors (Lipinski definition) is 3. The van der Waals surface area contributed by atoms with Gasteiger partial charge in [-0.3, -0.25) is 4.98 Å². The zero-order valence-electron chi connectivity index (χ0n) is 6.29. The maximum absolute atomic E-state index is 4.07.